The van der Waals surface area contributed by atoms with E-state index in [9.17, 15) is 4.79 Å². The minimum Gasteiger partial charge on any atom is -0.481 e. The Kier molecular flexibility index (Phi) is 5.64. The van der Waals surface area contributed by atoms with E-state index in [2.05, 4.69) is 95.6 Å². The molecule has 1 fully saturated rings. The summed E-state index contributed by atoms with van der Waals surface area (Å²) in [6.45, 7) is 0. The minimum absolute atomic E-state index is 0.212. The second kappa shape index (κ2) is 8.88. The fourth-order valence-corrected chi connectivity index (χ4v) is 4.49. The Bertz CT molecular complexity index is 1200. The molecule has 32 heavy (non-hydrogen) atoms. The molecule has 5 rings (SSSR count). The van der Waals surface area contributed by atoms with Crippen molar-refractivity contribution in [3.05, 3.63) is 102 Å². The van der Waals surface area contributed by atoms with Crippen LogP contribution in [0.15, 0.2) is 91.0 Å². The molecule has 1 aliphatic rings. The Morgan fingerprint density at radius 3 is 2.06 bits per heavy atom. The third-order valence-corrected chi connectivity index (χ3v) is 6.21. The number of aromatic nitrogens is 1. The molecule has 0 saturated heterocycles. The van der Waals surface area contributed by atoms with Crippen LogP contribution >= 0.6 is 0 Å². The molecular weight excluding hydrogens is 394 g/mol. The third-order valence-electron chi connectivity index (χ3n) is 6.21. The van der Waals surface area contributed by atoms with Gasteiger partial charge in [-0.05, 0) is 60.6 Å². The van der Waals surface area contributed by atoms with Gasteiger partial charge in [0.2, 0.25) is 0 Å². The van der Waals surface area contributed by atoms with Gasteiger partial charge in [-0.2, -0.15) is 0 Å². The lowest BCUT2D eigenvalue weighted by Gasteiger charge is -2.15. The fraction of sp³-hybridized carbons (Fsp3) is 0.207. The lowest BCUT2D eigenvalue weighted by molar-refractivity contribution is -0.137. The van der Waals surface area contributed by atoms with E-state index in [1.807, 2.05) is 0 Å². The summed E-state index contributed by atoms with van der Waals surface area (Å²) in [5, 5.41) is 8.90. The lowest BCUT2D eigenvalue weighted by atomic mass is 10.0. The van der Waals surface area contributed by atoms with Crippen molar-refractivity contribution in [2.75, 3.05) is 0 Å². The average Bonchev–Trinajstić information content (AvgIpc) is 3.59. The Morgan fingerprint density at radius 2 is 1.47 bits per heavy atom. The topological polar surface area (TPSA) is 42.2 Å². The van der Waals surface area contributed by atoms with Crippen LogP contribution in [-0.4, -0.2) is 15.6 Å². The number of rotatable bonds is 8. The first-order chi connectivity index (χ1) is 15.7. The largest absolute Gasteiger partial charge is 0.481 e. The predicted molar refractivity (Wildman–Crippen MR) is 129 cm³/mol. The molecule has 1 N–H and O–H groups in total. The maximum Gasteiger partial charge on any atom is 0.303 e. The maximum atomic E-state index is 10.8. The van der Waals surface area contributed by atoms with Gasteiger partial charge in [-0.3, -0.25) is 4.79 Å². The zero-order valence-electron chi connectivity index (χ0n) is 18.1. The Labute approximate surface area is 189 Å². The molecule has 3 nitrogen and oxygen atoms in total. The van der Waals surface area contributed by atoms with E-state index >= 15 is 0 Å². The smallest absolute Gasteiger partial charge is 0.303 e. The summed E-state index contributed by atoms with van der Waals surface area (Å²) in [4.78, 5) is 10.8. The van der Waals surface area contributed by atoms with Gasteiger partial charge < -0.3 is 9.67 Å². The van der Waals surface area contributed by atoms with Crippen molar-refractivity contribution in [3.8, 4) is 28.1 Å². The van der Waals surface area contributed by atoms with Crippen molar-refractivity contribution in [2.24, 2.45) is 0 Å². The number of hydrogen-bond acceptors (Lipinski definition) is 1. The van der Waals surface area contributed by atoms with Gasteiger partial charge in [-0.25, -0.2) is 0 Å². The molecule has 0 radical (unpaired) electrons. The van der Waals surface area contributed by atoms with Crippen LogP contribution in [0, 0.1) is 0 Å². The Morgan fingerprint density at radius 1 is 0.844 bits per heavy atom. The van der Waals surface area contributed by atoms with Crippen LogP contribution in [0.1, 0.15) is 42.9 Å². The van der Waals surface area contributed by atoms with Crippen LogP contribution in [0.4, 0.5) is 0 Å². The second-order valence-electron chi connectivity index (χ2n) is 8.58. The highest BCUT2D eigenvalue weighted by atomic mass is 16.4. The molecule has 160 valence electrons. The molecule has 1 heterocycles. The molecule has 1 saturated carbocycles. The molecule has 0 spiro atoms. The number of aliphatic carboxylic acids is 1. The molecular formula is C29H27NO2. The van der Waals surface area contributed by atoms with Crippen molar-refractivity contribution in [3.63, 3.8) is 0 Å². The fourth-order valence-electron chi connectivity index (χ4n) is 4.49. The molecule has 0 atom stereocenters. The molecule has 1 aromatic heterocycles. The van der Waals surface area contributed by atoms with Gasteiger partial charge in [0.05, 0.1) is 5.69 Å². The van der Waals surface area contributed by atoms with Crippen LogP contribution in [0.5, 0.6) is 0 Å². The van der Waals surface area contributed by atoms with Gasteiger partial charge in [0.1, 0.15) is 0 Å². The van der Waals surface area contributed by atoms with E-state index in [1.54, 1.807) is 0 Å². The van der Waals surface area contributed by atoms with Gasteiger partial charge in [-0.1, -0.05) is 72.8 Å². The summed E-state index contributed by atoms with van der Waals surface area (Å²) in [5.74, 6) is -0.151. The zero-order chi connectivity index (χ0) is 21.9. The number of carboxylic acids is 1. The first kappa shape index (κ1) is 20.3. The van der Waals surface area contributed by atoms with Crippen molar-refractivity contribution < 1.29 is 9.90 Å². The number of hydrogen-bond donors (Lipinski definition) is 1. The molecule has 0 amide bonds. The number of benzene rings is 3. The second-order valence-corrected chi connectivity index (χ2v) is 8.58. The molecule has 0 unspecified atom stereocenters. The SMILES string of the molecule is O=C(O)CCCc1ccc(-n2c(-c3ccccc3)cc(-c3ccccc3)c2C2CC2)cc1. The summed E-state index contributed by atoms with van der Waals surface area (Å²) in [5.41, 5.74) is 8.74. The molecule has 3 aromatic carbocycles. The summed E-state index contributed by atoms with van der Waals surface area (Å²) in [7, 11) is 0. The summed E-state index contributed by atoms with van der Waals surface area (Å²) in [6.07, 6.45) is 4.12. The first-order valence-corrected chi connectivity index (χ1v) is 11.4. The molecule has 1 aliphatic carbocycles. The van der Waals surface area contributed by atoms with Crippen LogP contribution in [0.25, 0.3) is 28.1 Å². The highest BCUT2D eigenvalue weighted by Crippen LogP contribution is 2.48. The Balaban J connectivity index is 1.60. The number of carboxylic acid groups (broad SMARTS) is 1. The summed E-state index contributed by atoms with van der Waals surface area (Å²) < 4.78 is 2.44. The molecule has 4 aromatic rings. The molecule has 0 aliphatic heterocycles. The van der Waals surface area contributed by atoms with Gasteiger partial charge in [0.15, 0.2) is 0 Å². The van der Waals surface area contributed by atoms with Crippen molar-refractivity contribution in [1.82, 2.24) is 4.57 Å². The van der Waals surface area contributed by atoms with Gasteiger partial charge in [0.25, 0.3) is 0 Å². The summed E-state index contributed by atoms with van der Waals surface area (Å²) >= 11 is 0. The number of carbonyl (C=O) groups is 1. The standard InChI is InChI=1S/C29H27NO2/c31-28(32)13-7-8-21-14-18-25(19-15-21)30-27(23-11-5-2-6-12-23)20-26(29(30)24-16-17-24)22-9-3-1-4-10-22/h1-6,9-12,14-15,18-20,24H,7-8,13,16-17H2,(H,31,32). The monoisotopic (exact) mass is 421 g/mol. The van der Waals surface area contributed by atoms with Gasteiger partial charge >= 0.3 is 5.97 Å². The van der Waals surface area contributed by atoms with Gasteiger partial charge in [-0.15, -0.1) is 0 Å². The lowest BCUT2D eigenvalue weighted by Crippen LogP contribution is -2.02. The van der Waals surface area contributed by atoms with Crippen molar-refractivity contribution in [1.29, 1.82) is 0 Å². The highest BCUT2D eigenvalue weighted by Gasteiger charge is 2.32. The highest BCUT2D eigenvalue weighted by molar-refractivity contribution is 5.78. The zero-order valence-corrected chi connectivity index (χ0v) is 18.1. The number of nitrogens with zero attached hydrogens (tertiary/aromatic N) is 1. The Hall–Kier alpha value is -3.59. The molecule has 3 heteroatoms. The van der Waals surface area contributed by atoms with Crippen LogP contribution < -0.4 is 0 Å². The van der Waals surface area contributed by atoms with E-state index in [0.717, 1.165) is 12.1 Å². The van der Waals surface area contributed by atoms with Crippen LogP contribution in [0.2, 0.25) is 0 Å². The van der Waals surface area contributed by atoms with Crippen molar-refractivity contribution in [2.45, 2.75) is 38.0 Å². The first-order valence-electron chi connectivity index (χ1n) is 11.4. The number of aryl methyl sites for hydroxylation is 1. The van der Waals surface area contributed by atoms with Gasteiger partial charge in [0, 0.05) is 29.3 Å². The van der Waals surface area contributed by atoms with Crippen LogP contribution in [0.3, 0.4) is 0 Å². The third kappa shape index (κ3) is 4.24. The normalized spacial score (nSPS) is 13.2. The van der Waals surface area contributed by atoms with E-state index < -0.39 is 5.97 Å². The molecule has 0 bridgehead atoms. The maximum absolute atomic E-state index is 10.8. The van der Waals surface area contributed by atoms with E-state index in [0.29, 0.717) is 12.3 Å². The van der Waals surface area contributed by atoms with Crippen LogP contribution in [-0.2, 0) is 11.2 Å². The average molecular weight is 422 g/mol. The van der Waals surface area contributed by atoms with Crippen molar-refractivity contribution >= 4 is 5.97 Å². The van der Waals surface area contributed by atoms with E-state index in [4.69, 9.17) is 5.11 Å². The predicted octanol–water partition coefficient (Wildman–Crippen LogP) is 7.10. The van der Waals surface area contributed by atoms with E-state index in [1.165, 1.54) is 46.5 Å². The quantitative estimate of drug-likeness (QED) is 0.330. The minimum atomic E-state index is -0.732. The summed E-state index contributed by atoms with van der Waals surface area (Å²) in [6, 6.07) is 32.3. The van der Waals surface area contributed by atoms with E-state index in [-0.39, 0.29) is 6.42 Å².